The number of nitrogens with zero attached hydrogens (tertiary/aromatic N) is 1. The minimum absolute atomic E-state index is 0. The summed E-state index contributed by atoms with van der Waals surface area (Å²) in [6.45, 7) is 0.459. The molecule has 148 valence electrons. The summed E-state index contributed by atoms with van der Waals surface area (Å²) in [6.07, 6.45) is 2.92. The Labute approximate surface area is 221 Å². The summed E-state index contributed by atoms with van der Waals surface area (Å²) in [5.74, 6) is 0.110. The Hall–Kier alpha value is -0.420. The Bertz CT molecular complexity index is 1050. The summed E-state index contributed by atoms with van der Waals surface area (Å²) in [5.41, 5.74) is 0.638. The molecular formula is C17H14ClN2Na2O7P. The largest absolute Gasteiger partial charge is 1.00 e. The first-order valence-corrected chi connectivity index (χ1v) is 9.77. The zero-order valence-corrected chi connectivity index (χ0v) is 22.1. The van der Waals surface area contributed by atoms with Gasteiger partial charge in [-0.15, -0.1) is 0 Å². The second-order valence-electron chi connectivity index (χ2n) is 5.66. The number of phosphoric acid groups is 1. The standard InChI is InChI=1S/C17H16ClN2O7P.2Na/c1-10(21)20-15(14-5-3-7-25-14)12-8-13(18)11-4-2-6-19-16(11)17(12)26-9-27-28(22,23)24;;/h2-8,15H,9H2,1H3,(H,20,21)(H2,22,23,24);;/q;2*+1/p-2. The van der Waals surface area contributed by atoms with Crippen LogP contribution in [0.15, 0.2) is 47.2 Å². The topological polar surface area (TPSA) is 137 Å². The predicted octanol–water partition coefficient (Wildman–Crippen LogP) is -4.10. The van der Waals surface area contributed by atoms with Crippen LogP contribution >= 0.6 is 19.4 Å². The van der Waals surface area contributed by atoms with E-state index in [2.05, 4.69) is 14.8 Å². The Kier molecular flexibility index (Phi) is 11.0. The number of nitrogens with one attached hydrogen (secondary N) is 1. The van der Waals surface area contributed by atoms with E-state index in [-0.39, 0.29) is 70.8 Å². The molecule has 13 heteroatoms. The van der Waals surface area contributed by atoms with Crippen LogP contribution in [0, 0.1) is 0 Å². The molecule has 2 aromatic heterocycles. The van der Waals surface area contributed by atoms with Crippen molar-refractivity contribution in [2.24, 2.45) is 0 Å². The number of hydrogen-bond donors (Lipinski definition) is 1. The average Bonchev–Trinajstić information content (AvgIpc) is 3.15. The van der Waals surface area contributed by atoms with Crippen molar-refractivity contribution in [1.29, 1.82) is 0 Å². The fourth-order valence-electron chi connectivity index (χ4n) is 2.67. The molecule has 9 nitrogen and oxygen atoms in total. The van der Waals surface area contributed by atoms with Crippen LogP contribution in [0.3, 0.4) is 0 Å². The number of carbonyl (C=O) groups is 1. The van der Waals surface area contributed by atoms with Gasteiger partial charge in [-0.25, -0.2) is 0 Å². The van der Waals surface area contributed by atoms with Crippen LogP contribution in [-0.2, 0) is 13.9 Å². The normalized spacial score (nSPS) is 11.9. The van der Waals surface area contributed by atoms with Crippen LogP contribution in [0.5, 0.6) is 5.75 Å². The molecule has 1 N–H and O–H groups in total. The second-order valence-corrected chi connectivity index (χ2v) is 7.22. The van der Waals surface area contributed by atoms with Gasteiger partial charge >= 0.3 is 59.1 Å². The number of ether oxygens (including phenoxy) is 1. The summed E-state index contributed by atoms with van der Waals surface area (Å²) >= 11 is 6.37. The molecule has 1 amide bonds. The molecule has 0 aliphatic carbocycles. The van der Waals surface area contributed by atoms with Crippen molar-refractivity contribution >= 4 is 36.2 Å². The summed E-state index contributed by atoms with van der Waals surface area (Å²) in [6, 6.07) is 7.36. The quantitative estimate of drug-likeness (QED) is 0.209. The van der Waals surface area contributed by atoms with Gasteiger partial charge in [-0.1, -0.05) is 11.6 Å². The molecule has 0 saturated heterocycles. The fourth-order valence-corrected chi connectivity index (χ4v) is 3.12. The van der Waals surface area contributed by atoms with Crippen molar-refractivity contribution in [3.8, 4) is 5.75 Å². The zero-order valence-electron chi connectivity index (χ0n) is 16.5. The van der Waals surface area contributed by atoms with Crippen molar-refractivity contribution in [3.05, 3.63) is 59.1 Å². The zero-order chi connectivity index (χ0) is 20.3. The monoisotopic (exact) mass is 470 g/mol. The van der Waals surface area contributed by atoms with Gasteiger partial charge in [0.25, 0.3) is 0 Å². The van der Waals surface area contributed by atoms with E-state index in [9.17, 15) is 19.1 Å². The van der Waals surface area contributed by atoms with Crippen LogP contribution in [0.2, 0.25) is 5.02 Å². The van der Waals surface area contributed by atoms with Crippen LogP contribution < -0.4 is 79.0 Å². The SMILES string of the molecule is CC(=O)NC(c1ccco1)c1cc(Cl)c2cccnc2c1OCOP(=O)([O-])[O-].[Na+].[Na+]. The van der Waals surface area contributed by atoms with Crippen LogP contribution in [-0.4, -0.2) is 17.7 Å². The average molecular weight is 471 g/mol. The van der Waals surface area contributed by atoms with E-state index >= 15 is 0 Å². The molecule has 2 heterocycles. The molecule has 0 aliphatic rings. The molecule has 3 aromatic rings. The molecule has 1 atom stereocenters. The number of carbonyl (C=O) groups excluding carboxylic acids is 1. The Morgan fingerprint density at radius 1 is 1.33 bits per heavy atom. The van der Waals surface area contributed by atoms with Gasteiger partial charge in [0.15, 0.2) is 12.5 Å². The van der Waals surface area contributed by atoms with E-state index in [1.165, 1.54) is 25.5 Å². The molecule has 0 spiro atoms. The molecule has 1 unspecified atom stereocenters. The molecule has 0 fully saturated rings. The van der Waals surface area contributed by atoms with Crippen molar-refractivity contribution in [2.45, 2.75) is 13.0 Å². The van der Waals surface area contributed by atoms with Crippen LogP contribution in [0.1, 0.15) is 24.3 Å². The first kappa shape index (κ1) is 27.6. The van der Waals surface area contributed by atoms with E-state index in [1.54, 1.807) is 24.3 Å². The van der Waals surface area contributed by atoms with Crippen molar-refractivity contribution < 1.29 is 91.9 Å². The van der Waals surface area contributed by atoms with Gasteiger partial charge in [0.2, 0.25) is 5.91 Å². The van der Waals surface area contributed by atoms with Gasteiger partial charge in [-0.05, 0) is 30.3 Å². The van der Waals surface area contributed by atoms with Gasteiger partial charge in [-0.2, -0.15) is 0 Å². The minimum atomic E-state index is -5.24. The second kappa shape index (κ2) is 12.0. The maximum Gasteiger partial charge on any atom is 1.00 e. The third kappa shape index (κ3) is 7.05. The van der Waals surface area contributed by atoms with Gasteiger partial charge in [0.1, 0.15) is 17.3 Å². The van der Waals surface area contributed by atoms with Gasteiger partial charge in [-0.3, -0.25) is 9.78 Å². The van der Waals surface area contributed by atoms with E-state index in [0.29, 0.717) is 27.2 Å². The first-order valence-electron chi connectivity index (χ1n) is 7.93. The molecule has 1 aromatic carbocycles. The third-order valence-electron chi connectivity index (χ3n) is 3.72. The van der Waals surface area contributed by atoms with Crippen LogP contribution in [0.25, 0.3) is 10.9 Å². The third-order valence-corrected chi connectivity index (χ3v) is 4.46. The Balaban J connectivity index is 0.00000225. The summed E-state index contributed by atoms with van der Waals surface area (Å²) in [4.78, 5) is 37.5. The number of fused-ring (bicyclic) bond motifs is 1. The number of aromatic nitrogens is 1. The maximum atomic E-state index is 11.7. The number of benzene rings is 1. The summed E-state index contributed by atoms with van der Waals surface area (Å²) in [7, 11) is -5.24. The van der Waals surface area contributed by atoms with E-state index in [1.807, 2.05) is 0 Å². The minimum Gasteiger partial charge on any atom is -0.790 e. The number of hydrogen-bond acceptors (Lipinski definition) is 8. The molecule has 0 aliphatic heterocycles. The van der Waals surface area contributed by atoms with Gasteiger partial charge in [0, 0.05) is 24.1 Å². The summed E-state index contributed by atoms with van der Waals surface area (Å²) in [5, 5.41) is 3.57. The number of amides is 1. The number of rotatable bonds is 7. The number of halogens is 1. The maximum absolute atomic E-state index is 11.7. The first-order chi connectivity index (χ1) is 13.3. The van der Waals surface area contributed by atoms with Crippen LogP contribution in [0.4, 0.5) is 0 Å². The van der Waals surface area contributed by atoms with Crippen molar-refractivity contribution in [3.63, 3.8) is 0 Å². The number of pyridine rings is 1. The molecule has 30 heavy (non-hydrogen) atoms. The molecular weight excluding hydrogens is 457 g/mol. The van der Waals surface area contributed by atoms with Crippen molar-refractivity contribution in [1.82, 2.24) is 10.3 Å². The fraction of sp³-hybridized carbons (Fsp3) is 0.176. The predicted molar refractivity (Wildman–Crippen MR) is 95.3 cm³/mol. The smallest absolute Gasteiger partial charge is 0.790 e. The summed E-state index contributed by atoms with van der Waals surface area (Å²) < 4.78 is 25.8. The van der Waals surface area contributed by atoms with Gasteiger partial charge in [0.05, 0.1) is 19.1 Å². The molecule has 0 saturated carbocycles. The van der Waals surface area contributed by atoms with Gasteiger partial charge < -0.3 is 33.3 Å². The molecule has 0 radical (unpaired) electrons. The van der Waals surface area contributed by atoms with E-state index < -0.39 is 20.7 Å². The Morgan fingerprint density at radius 3 is 2.67 bits per heavy atom. The van der Waals surface area contributed by atoms with E-state index in [0.717, 1.165) is 0 Å². The number of furan rings is 1. The van der Waals surface area contributed by atoms with Crippen molar-refractivity contribution in [2.75, 3.05) is 6.79 Å². The number of phosphoric ester groups is 1. The Morgan fingerprint density at radius 2 is 2.07 bits per heavy atom. The molecule has 0 bridgehead atoms. The van der Waals surface area contributed by atoms with E-state index in [4.69, 9.17) is 20.8 Å². The molecule has 3 rings (SSSR count).